The fraction of sp³-hybridized carbons (Fsp3) is 0.440. The molecule has 0 amide bonds. The number of nitrogens with zero attached hydrogens (tertiary/aromatic N) is 4. The summed E-state index contributed by atoms with van der Waals surface area (Å²) in [5, 5.41) is 12.2. The summed E-state index contributed by atoms with van der Waals surface area (Å²) in [6, 6.07) is 16.7. The van der Waals surface area contributed by atoms with Gasteiger partial charge in [0.1, 0.15) is 5.71 Å². The fourth-order valence-corrected chi connectivity index (χ4v) is 5.92. The molecule has 0 bridgehead atoms. The van der Waals surface area contributed by atoms with Gasteiger partial charge in [-0.3, -0.25) is 4.90 Å². The molecule has 5 rings (SSSR count). The maximum Gasteiger partial charge on any atom is 0.278 e. The molecule has 180 valence electrons. The average molecular weight is 504 g/mol. The van der Waals surface area contributed by atoms with Crippen LogP contribution in [0.4, 0.5) is 14.5 Å². The first-order chi connectivity index (χ1) is 16.5. The molecule has 0 radical (unpaired) electrons. The molecule has 0 aliphatic carbocycles. The number of alkyl halides is 2. The number of benzene rings is 2. The second kappa shape index (κ2) is 10.7. The highest BCUT2D eigenvalue weighted by atomic mass is 35.5. The van der Waals surface area contributed by atoms with Crippen molar-refractivity contribution in [1.29, 1.82) is 0 Å². The van der Waals surface area contributed by atoms with Crippen LogP contribution in [-0.2, 0) is 6.54 Å². The second-order valence-electron chi connectivity index (χ2n) is 8.98. The van der Waals surface area contributed by atoms with Gasteiger partial charge in [0.15, 0.2) is 0 Å². The van der Waals surface area contributed by atoms with Crippen LogP contribution in [0.25, 0.3) is 0 Å². The lowest BCUT2D eigenvalue weighted by Gasteiger charge is -2.42. The molecule has 2 fully saturated rings. The van der Waals surface area contributed by atoms with E-state index in [0.717, 1.165) is 54.6 Å². The standard InChI is InChI=1S/C25H28ClF2N5S/c26-19-2-1-3-20(12-19)33(34-22-8-10-32(11-9-22)21-14-29-15-21)16-17-4-6-18(7-5-17)23-13-24(25(27)28)31-30-23/h1-7,12,21-22,25,29H,8-11,13-16H2. The lowest BCUT2D eigenvalue weighted by Crippen LogP contribution is -2.59. The highest BCUT2D eigenvalue weighted by Crippen LogP contribution is 2.34. The van der Waals surface area contributed by atoms with Crippen molar-refractivity contribution in [2.45, 2.75) is 43.5 Å². The third-order valence-electron chi connectivity index (χ3n) is 6.64. The Kier molecular flexibility index (Phi) is 7.49. The average Bonchev–Trinajstić information content (AvgIpc) is 3.30. The van der Waals surface area contributed by atoms with Crippen LogP contribution in [0.5, 0.6) is 0 Å². The Morgan fingerprint density at radius 1 is 1.09 bits per heavy atom. The van der Waals surface area contributed by atoms with Gasteiger partial charge in [-0.15, -0.1) is 0 Å². The summed E-state index contributed by atoms with van der Waals surface area (Å²) in [7, 11) is 0. The first-order valence-corrected chi connectivity index (χ1v) is 12.9. The minimum Gasteiger partial charge on any atom is -0.314 e. The number of nitrogens with one attached hydrogen (secondary N) is 1. The second-order valence-corrected chi connectivity index (χ2v) is 10.7. The maximum atomic E-state index is 12.9. The number of anilines is 1. The third-order valence-corrected chi connectivity index (χ3v) is 8.24. The Hall–Kier alpha value is -2.00. The zero-order chi connectivity index (χ0) is 23.5. The zero-order valence-electron chi connectivity index (χ0n) is 18.8. The van der Waals surface area contributed by atoms with E-state index in [1.165, 1.54) is 12.8 Å². The van der Waals surface area contributed by atoms with Crippen molar-refractivity contribution < 1.29 is 8.78 Å². The van der Waals surface area contributed by atoms with Gasteiger partial charge in [-0.05, 0) is 67.2 Å². The Bertz CT molecular complexity index is 1050. The Morgan fingerprint density at radius 3 is 2.47 bits per heavy atom. The predicted octanol–water partition coefficient (Wildman–Crippen LogP) is 5.24. The molecular formula is C25H28ClF2N5S. The highest BCUT2D eigenvalue weighted by molar-refractivity contribution is 8.01. The molecule has 3 aliphatic heterocycles. The number of hydrogen-bond acceptors (Lipinski definition) is 6. The van der Waals surface area contributed by atoms with E-state index in [4.69, 9.17) is 11.6 Å². The first-order valence-electron chi connectivity index (χ1n) is 11.7. The van der Waals surface area contributed by atoms with E-state index in [1.54, 1.807) is 0 Å². The summed E-state index contributed by atoms with van der Waals surface area (Å²) in [6.45, 7) is 5.25. The Balaban J connectivity index is 1.25. The summed E-state index contributed by atoms with van der Waals surface area (Å²) in [5.74, 6) is 0. The van der Waals surface area contributed by atoms with Crippen molar-refractivity contribution >= 4 is 40.7 Å². The van der Waals surface area contributed by atoms with Crippen molar-refractivity contribution in [2.75, 3.05) is 30.5 Å². The van der Waals surface area contributed by atoms with E-state index in [2.05, 4.69) is 30.8 Å². The fourth-order valence-electron chi connectivity index (χ4n) is 4.49. The summed E-state index contributed by atoms with van der Waals surface area (Å²) in [5.41, 5.74) is 3.49. The monoisotopic (exact) mass is 503 g/mol. The number of hydrogen-bond donors (Lipinski definition) is 1. The number of piperidine rings is 1. The molecule has 3 heterocycles. The normalized spacial score (nSPS) is 19.8. The van der Waals surface area contributed by atoms with Gasteiger partial charge in [-0.1, -0.05) is 41.9 Å². The van der Waals surface area contributed by atoms with Gasteiger partial charge in [-0.25, -0.2) is 8.78 Å². The van der Waals surface area contributed by atoms with Crippen LogP contribution in [0.1, 0.15) is 30.4 Å². The quantitative estimate of drug-likeness (QED) is 0.500. The van der Waals surface area contributed by atoms with Crippen LogP contribution >= 0.6 is 23.5 Å². The molecule has 9 heteroatoms. The molecule has 2 aromatic carbocycles. The van der Waals surface area contributed by atoms with Gasteiger partial charge in [-0.2, -0.15) is 10.2 Å². The van der Waals surface area contributed by atoms with E-state index in [-0.39, 0.29) is 12.1 Å². The van der Waals surface area contributed by atoms with Crippen LogP contribution in [0.15, 0.2) is 58.7 Å². The molecule has 0 aromatic heterocycles. The number of rotatable bonds is 8. The SMILES string of the molecule is FC(F)C1=NN=C(c2ccc(CN(SC3CCN(C4CNC4)CC3)c3cccc(Cl)c3)cc2)C1. The van der Waals surface area contributed by atoms with Crippen LogP contribution in [-0.4, -0.2) is 60.2 Å². The smallest absolute Gasteiger partial charge is 0.278 e. The van der Waals surface area contributed by atoms with Gasteiger partial charge in [0, 0.05) is 41.5 Å². The molecule has 1 N–H and O–H groups in total. The summed E-state index contributed by atoms with van der Waals surface area (Å²) >= 11 is 8.21. The van der Waals surface area contributed by atoms with E-state index < -0.39 is 6.43 Å². The molecule has 2 saturated heterocycles. The number of likely N-dealkylation sites (tertiary alicyclic amines) is 1. The predicted molar refractivity (Wildman–Crippen MR) is 138 cm³/mol. The lowest BCUT2D eigenvalue weighted by molar-refractivity contribution is 0.123. The largest absolute Gasteiger partial charge is 0.314 e. The molecule has 0 unspecified atom stereocenters. The van der Waals surface area contributed by atoms with E-state index in [1.807, 2.05) is 54.4 Å². The molecule has 0 saturated carbocycles. The molecule has 2 aromatic rings. The Morgan fingerprint density at radius 2 is 1.85 bits per heavy atom. The van der Waals surface area contributed by atoms with Crippen LogP contribution < -0.4 is 9.62 Å². The van der Waals surface area contributed by atoms with Gasteiger partial charge in [0.2, 0.25) is 0 Å². The van der Waals surface area contributed by atoms with Crippen LogP contribution in [0.3, 0.4) is 0 Å². The highest BCUT2D eigenvalue weighted by Gasteiger charge is 2.30. The minimum absolute atomic E-state index is 0.108. The van der Waals surface area contributed by atoms with Gasteiger partial charge >= 0.3 is 0 Å². The molecule has 0 atom stereocenters. The summed E-state index contributed by atoms with van der Waals surface area (Å²) in [6.07, 6.45) is -0.106. The molecule has 3 aliphatic rings. The molecular weight excluding hydrogens is 476 g/mol. The van der Waals surface area contributed by atoms with Crippen LogP contribution in [0.2, 0.25) is 5.02 Å². The molecule has 0 spiro atoms. The lowest BCUT2D eigenvalue weighted by atomic mass is 10.0. The van der Waals surface area contributed by atoms with Gasteiger partial charge < -0.3 is 9.62 Å². The van der Waals surface area contributed by atoms with E-state index >= 15 is 0 Å². The first kappa shape index (κ1) is 23.7. The van der Waals surface area contributed by atoms with Crippen molar-refractivity contribution in [3.05, 3.63) is 64.7 Å². The zero-order valence-corrected chi connectivity index (χ0v) is 20.4. The molecule has 34 heavy (non-hydrogen) atoms. The Labute approximate surface area is 208 Å². The van der Waals surface area contributed by atoms with Gasteiger partial charge in [0.25, 0.3) is 6.43 Å². The van der Waals surface area contributed by atoms with Crippen molar-refractivity contribution in [3.8, 4) is 0 Å². The van der Waals surface area contributed by atoms with Crippen LogP contribution in [0, 0.1) is 0 Å². The van der Waals surface area contributed by atoms with E-state index in [9.17, 15) is 8.78 Å². The van der Waals surface area contributed by atoms with Gasteiger partial charge in [0.05, 0.1) is 12.3 Å². The molecule has 5 nitrogen and oxygen atoms in total. The summed E-state index contributed by atoms with van der Waals surface area (Å²) < 4.78 is 28.1. The maximum absolute atomic E-state index is 12.9. The van der Waals surface area contributed by atoms with Crippen molar-refractivity contribution in [3.63, 3.8) is 0 Å². The van der Waals surface area contributed by atoms with E-state index in [0.29, 0.717) is 17.0 Å². The minimum atomic E-state index is -2.55. The third kappa shape index (κ3) is 5.62. The summed E-state index contributed by atoms with van der Waals surface area (Å²) in [4.78, 5) is 2.62. The number of halogens is 3. The van der Waals surface area contributed by atoms with Crippen molar-refractivity contribution in [2.24, 2.45) is 10.2 Å². The topological polar surface area (TPSA) is 43.2 Å². The van der Waals surface area contributed by atoms with Crippen molar-refractivity contribution in [1.82, 2.24) is 10.2 Å².